The van der Waals surface area contributed by atoms with Crippen LogP contribution in [0.25, 0.3) is 0 Å². The van der Waals surface area contributed by atoms with E-state index in [4.69, 9.17) is 9.47 Å². The molecule has 0 aliphatic carbocycles. The second-order valence-electron chi connectivity index (χ2n) is 5.16. The minimum atomic E-state index is 0.0678. The van der Waals surface area contributed by atoms with E-state index in [9.17, 15) is 4.79 Å². The molecule has 3 heteroatoms. The molecule has 0 spiro atoms. The van der Waals surface area contributed by atoms with Crippen LogP contribution in [0, 0.1) is 0 Å². The predicted molar refractivity (Wildman–Crippen MR) is 81.3 cm³/mol. The first-order chi connectivity index (χ1) is 10.3. The second kappa shape index (κ2) is 6.00. The van der Waals surface area contributed by atoms with Gasteiger partial charge in [-0.25, -0.2) is 0 Å². The van der Waals surface area contributed by atoms with Gasteiger partial charge in [-0.05, 0) is 30.5 Å². The fraction of sp³-hybridized carbons (Fsp3) is 0.278. The van der Waals surface area contributed by atoms with Crippen LogP contribution in [-0.4, -0.2) is 19.5 Å². The molecule has 0 fully saturated rings. The minimum absolute atomic E-state index is 0.0678. The van der Waals surface area contributed by atoms with Gasteiger partial charge in [0.15, 0.2) is 5.78 Å². The Balaban J connectivity index is 1.89. The largest absolute Gasteiger partial charge is 0.496 e. The summed E-state index contributed by atoms with van der Waals surface area (Å²) in [5.74, 6) is 1.58. The lowest BCUT2D eigenvalue weighted by Crippen LogP contribution is -2.14. The molecule has 0 amide bonds. The molecule has 1 aliphatic rings. The number of carbonyl (C=O) groups excluding carboxylic acids is 1. The lowest BCUT2D eigenvalue weighted by Gasteiger charge is -2.19. The molecule has 0 bridgehead atoms. The number of benzene rings is 2. The van der Waals surface area contributed by atoms with Crippen molar-refractivity contribution in [2.45, 2.75) is 19.3 Å². The number of aryl methyl sites for hydroxylation is 1. The van der Waals surface area contributed by atoms with Crippen molar-refractivity contribution in [2.24, 2.45) is 0 Å². The topological polar surface area (TPSA) is 35.5 Å². The Labute approximate surface area is 124 Å². The van der Waals surface area contributed by atoms with Gasteiger partial charge in [0.25, 0.3) is 0 Å². The van der Waals surface area contributed by atoms with Crippen molar-refractivity contribution in [1.82, 2.24) is 0 Å². The Bertz CT molecular complexity index is 661. The highest BCUT2D eigenvalue weighted by atomic mass is 16.5. The Morgan fingerprint density at radius 2 is 2.05 bits per heavy atom. The van der Waals surface area contributed by atoms with Crippen molar-refractivity contribution in [3.8, 4) is 11.5 Å². The van der Waals surface area contributed by atoms with Crippen molar-refractivity contribution >= 4 is 5.78 Å². The molecule has 3 nitrogen and oxygen atoms in total. The maximum atomic E-state index is 12.6. The first-order valence-electron chi connectivity index (χ1n) is 7.19. The maximum Gasteiger partial charge on any atom is 0.171 e. The lowest BCUT2D eigenvalue weighted by molar-refractivity contribution is 0.0987. The summed E-state index contributed by atoms with van der Waals surface area (Å²) in [4.78, 5) is 12.6. The maximum absolute atomic E-state index is 12.6. The van der Waals surface area contributed by atoms with Crippen LogP contribution < -0.4 is 9.47 Å². The Morgan fingerprint density at radius 1 is 1.19 bits per heavy atom. The monoisotopic (exact) mass is 282 g/mol. The van der Waals surface area contributed by atoms with E-state index >= 15 is 0 Å². The summed E-state index contributed by atoms with van der Waals surface area (Å²) < 4.78 is 11.0. The van der Waals surface area contributed by atoms with Gasteiger partial charge in [-0.1, -0.05) is 30.3 Å². The number of Topliss-reactive ketones (excluding diaryl/α,β-unsaturated/α-hetero) is 1. The average Bonchev–Trinajstić information content (AvgIpc) is 2.54. The van der Waals surface area contributed by atoms with Gasteiger partial charge < -0.3 is 9.47 Å². The normalized spacial score (nSPS) is 13.2. The highest BCUT2D eigenvalue weighted by Gasteiger charge is 2.20. The van der Waals surface area contributed by atoms with E-state index in [-0.39, 0.29) is 5.78 Å². The summed E-state index contributed by atoms with van der Waals surface area (Å²) in [6.07, 6.45) is 2.31. The van der Waals surface area contributed by atoms with Crippen LogP contribution >= 0.6 is 0 Å². The number of hydrogen-bond acceptors (Lipinski definition) is 3. The van der Waals surface area contributed by atoms with Crippen molar-refractivity contribution in [1.29, 1.82) is 0 Å². The quantitative estimate of drug-likeness (QED) is 0.806. The van der Waals surface area contributed by atoms with Crippen molar-refractivity contribution < 1.29 is 14.3 Å². The summed E-state index contributed by atoms with van der Waals surface area (Å²) in [7, 11) is 1.62. The number of methoxy groups -OCH3 is 1. The van der Waals surface area contributed by atoms with Gasteiger partial charge in [-0.15, -0.1) is 0 Å². The number of rotatable bonds is 4. The molecule has 0 saturated carbocycles. The molecule has 0 unspecified atom stereocenters. The number of ether oxygens (including phenoxy) is 2. The number of para-hydroxylation sites is 2. The second-order valence-corrected chi connectivity index (χ2v) is 5.16. The molecule has 0 atom stereocenters. The molecule has 21 heavy (non-hydrogen) atoms. The predicted octanol–water partition coefficient (Wildman–Crippen LogP) is 3.45. The highest BCUT2D eigenvalue weighted by molar-refractivity contribution is 6.00. The third-order valence-electron chi connectivity index (χ3n) is 3.78. The third kappa shape index (κ3) is 2.77. The fourth-order valence-electron chi connectivity index (χ4n) is 2.73. The van der Waals surface area contributed by atoms with Gasteiger partial charge in [0.2, 0.25) is 0 Å². The summed E-state index contributed by atoms with van der Waals surface area (Å²) >= 11 is 0. The first kappa shape index (κ1) is 13.7. The van der Waals surface area contributed by atoms with E-state index in [1.54, 1.807) is 7.11 Å². The summed E-state index contributed by atoms with van der Waals surface area (Å²) in [6.45, 7) is 0.686. The Hall–Kier alpha value is -2.29. The summed E-state index contributed by atoms with van der Waals surface area (Å²) in [6, 6.07) is 13.4. The van der Waals surface area contributed by atoms with E-state index in [1.807, 2.05) is 42.5 Å². The van der Waals surface area contributed by atoms with Gasteiger partial charge in [-0.2, -0.15) is 0 Å². The standard InChI is InChI=1S/C18H18O3/c1-20-17-10-3-2-6-14(17)12-16(19)15-9-4-7-13-8-5-11-21-18(13)15/h2-4,6-7,9-10H,5,8,11-12H2,1H3. The van der Waals surface area contributed by atoms with Crippen LogP contribution in [0.15, 0.2) is 42.5 Å². The molecule has 0 saturated heterocycles. The van der Waals surface area contributed by atoms with E-state index in [1.165, 1.54) is 0 Å². The van der Waals surface area contributed by atoms with Gasteiger partial charge in [0.05, 0.1) is 19.3 Å². The van der Waals surface area contributed by atoms with Crippen molar-refractivity contribution in [2.75, 3.05) is 13.7 Å². The van der Waals surface area contributed by atoms with E-state index in [2.05, 4.69) is 0 Å². The molecule has 0 radical (unpaired) electrons. The van der Waals surface area contributed by atoms with Crippen LogP contribution in [0.1, 0.15) is 27.9 Å². The molecule has 1 aliphatic heterocycles. The third-order valence-corrected chi connectivity index (χ3v) is 3.78. The number of ketones is 1. The molecular formula is C18H18O3. The van der Waals surface area contributed by atoms with Gasteiger partial charge in [-0.3, -0.25) is 4.79 Å². The number of carbonyl (C=O) groups is 1. The summed E-state index contributed by atoms with van der Waals surface area (Å²) in [5.41, 5.74) is 2.71. The Morgan fingerprint density at radius 3 is 2.90 bits per heavy atom. The zero-order valence-electron chi connectivity index (χ0n) is 12.1. The van der Waals surface area contributed by atoms with E-state index in [0.717, 1.165) is 35.5 Å². The number of fused-ring (bicyclic) bond motifs is 1. The molecule has 2 aromatic rings. The zero-order chi connectivity index (χ0) is 14.7. The van der Waals surface area contributed by atoms with Gasteiger partial charge in [0, 0.05) is 12.0 Å². The highest BCUT2D eigenvalue weighted by Crippen LogP contribution is 2.30. The molecular weight excluding hydrogens is 264 g/mol. The van der Waals surface area contributed by atoms with Crippen molar-refractivity contribution in [3.05, 3.63) is 59.2 Å². The first-order valence-corrected chi connectivity index (χ1v) is 7.19. The SMILES string of the molecule is COc1ccccc1CC(=O)c1cccc2c1OCCC2. The van der Waals surface area contributed by atoms with Crippen LogP contribution in [0.3, 0.4) is 0 Å². The molecule has 0 N–H and O–H groups in total. The van der Waals surface area contributed by atoms with Gasteiger partial charge in [0.1, 0.15) is 11.5 Å². The molecule has 108 valence electrons. The average molecular weight is 282 g/mol. The van der Waals surface area contributed by atoms with Crippen LogP contribution in [0.5, 0.6) is 11.5 Å². The molecule has 3 rings (SSSR count). The zero-order valence-corrected chi connectivity index (χ0v) is 12.1. The molecule has 0 aromatic heterocycles. The summed E-state index contributed by atoms with van der Waals surface area (Å²) in [5, 5.41) is 0. The number of hydrogen-bond donors (Lipinski definition) is 0. The van der Waals surface area contributed by atoms with Crippen LogP contribution in [-0.2, 0) is 12.8 Å². The smallest absolute Gasteiger partial charge is 0.171 e. The van der Waals surface area contributed by atoms with Crippen LogP contribution in [0.4, 0.5) is 0 Å². The lowest BCUT2D eigenvalue weighted by atomic mass is 9.96. The van der Waals surface area contributed by atoms with Crippen LogP contribution in [0.2, 0.25) is 0 Å². The molecule has 2 aromatic carbocycles. The van der Waals surface area contributed by atoms with E-state index in [0.29, 0.717) is 18.6 Å². The molecule has 1 heterocycles. The van der Waals surface area contributed by atoms with Crippen molar-refractivity contribution in [3.63, 3.8) is 0 Å². The van der Waals surface area contributed by atoms with Gasteiger partial charge >= 0.3 is 0 Å². The van der Waals surface area contributed by atoms with E-state index < -0.39 is 0 Å². The fourth-order valence-corrected chi connectivity index (χ4v) is 2.73. The Kier molecular flexibility index (Phi) is 3.91. The minimum Gasteiger partial charge on any atom is -0.496 e.